The molecule has 0 atom stereocenters. The molecule has 102 valence electrons. The van der Waals surface area contributed by atoms with E-state index >= 15 is 0 Å². The number of hydrogen-bond acceptors (Lipinski definition) is 3. The highest BCUT2D eigenvalue weighted by Crippen LogP contribution is 2.37. The molecule has 0 aromatic carbocycles. The molecule has 0 spiro atoms. The summed E-state index contributed by atoms with van der Waals surface area (Å²) in [7, 11) is 0. The number of carbonyl (C=O) groups excluding carboxylic acids is 1. The lowest BCUT2D eigenvalue weighted by Crippen LogP contribution is -2.42. The summed E-state index contributed by atoms with van der Waals surface area (Å²) in [5.74, 6) is -0.112. The Morgan fingerprint density at radius 1 is 1.44 bits per heavy atom. The SMILES string of the molecule is CC(C)(CCCO)CNC(=O)C1(C#N)CCCC1. The molecule has 1 amide bonds. The van der Waals surface area contributed by atoms with Gasteiger partial charge in [0.05, 0.1) is 6.07 Å². The Labute approximate surface area is 109 Å². The van der Waals surface area contributed by atoms with E-state index in [0.29, 0.717) is 19.4 Å². The van der Waals surface area contributed by atoms with E-state index in [4.69, 9.17) is 5.11 Å². The minimum atomic E-state index is -0.785. The fourth-order valence-electron chi connectivity index (χ4n) is 2.50. The van der Waals surface area contributed by atoms with Gasteiger partial charge in [-0.15, -0.1) is 0 Å². The van der Waals surface area contributed by atoms with Gasteiger partial charge in [0.25, 0.3) is 0 Å². The summed E-state index contributed by atoms with van der Waals surface area (Å²) in [5.41, 5.74) is -0.819. The molecule has 0 aromatic rings. The smallest absolute Gasteiger partial charge is 0.240 e. The van der Waals surface area contributed by atoms with Crippen LogP contribution in [-0.4, -0.2) is 24.2 Å². The second-order valence-corrected chi connectivity index (χ2v) is 6.08. The van der Waals surface area contributed by atoms with Crippen LogP contribution >= 0.6 is 0 Å². The normalized spacial score (nSPS) is 18.3. The second-order valence-electron chi connectivity index (χ2n) is 6.08. The van der Waals surface area contributed by atoms with Gasteiger partial charge in [-0.3, -0.25) is 4.79 Å². The summed E-state index contributed by atoms with van der Waals surface area (Å²) in [6.45, 7) is 4.88. The maximum absolute atomic E-state index is 12.1. The van der Waals surface area contributed by atoms with Gasteiger partial charge in [-0.05, 0) is 31.1 Å². The van der Waals surface area contributed by atoms with Crippen LogP contribution in [0.1, 0.15) is 52.4 Å². The van der Waals surface area contributed by atoms with E-state index in [0.717, 1.165) is 25.7 Å². The molecular formula is C14H24N2O2. The third-order valence-corrected chi connectivity index (χ3v) is 3.84. The van der Waals surface area contributed by atoms with E-state index in [9.17, 15) is 10.1 Å². The van der Waals surface area contributed by atoms with Crippen molar-refractivity contribution in [1.82, 2.24) is 5.32 Å². The van der Waals surface area contributed by atoms with Gasteiger partial charge >= 0.3 is 0 Å². The van der Waals surface area contributed by atoms with E-state index in [1.165, 1.54) is 0 Å². The molecule has 0 saturated heterocycles. The van der Waals surface area contributed by atoms with Gasteiger partial charge in [0.2, 0.25) is 5.91 Å². The molecule has 1 fully saturated rings. The van der Waals surface area contributed by atoms with Crippen LogP contribution in [0.4, 0.5) is 0 Å². The standard InChI is InChI=1S/C14H24N2O2/c1-13(2,6-5-9-17)11-16-12(18)14(10-15)7-3-4-8-14/h17H,3-9,11H2,1-2H3,(H,16,18). The molecular weight excluding hydrogens is 228 g/mol. The molecule has 0 aliphatic heterocycles. The Bertz CT molecular complexity index is 325. The highest BCUT2D eigenvalue weighted by Gasteiger charge is 2.41. The number of amides is 1. The average Bonchev–Trinajstić information content (AvgIpc) is 2.83. The van der Waals surface area contributed by atoms with Crippen LogP contribution in [0, 0.1) is 22.2 Å². The van der Waals surface area contributed by atoms with Crippen LogP contribution in [0.25, 0.3) is 0 Å². The molecule has 4 heteroatoms. The number of carbonyl (C=O) groups is 1. The Balaban J connectivity index is 2.48. The third-order valence-electron chi connectivity index (χ3n) is 3.84. The van der Waals surface area contributed by atoms with E-state index < -0.39 is 5.41 Å². The summed E-state index contributed by atoms with van der Waals surface area (Å²) in [6, 6.07) is 2.20. The first kappa shape index (κ1) is 15.0. The van der Waals surface area contributed by atoms with Gasteiger partial charge in [0, 0.05) is 13.2 Å². The minimum Gasteiger partial charge on any atom is -0.396 e. The molecule has 0 aromatic heterocycles. The first-order valence-corrected chi connectivity index (χ1v) is 6.76. The number of nitrogens with zero attached hydrogens (tertiary/aromatic N) is 1. The van der Waals surface area contributed by atoms with E-state index in [2.05, 4.69) is 25.2 Å². The van der Waals surface area contributed by atoms with Crippen molar-refractivity contribution < 1.29 is 9.90 Å². The molecule has 1 aliphatic rings. The first-order chi connectivity index (χ1) is 8.46. The van der Waals surface area contributed by atoms with Crippen molar-refractivity contribution in [2.45, 2.75) is 52.4 Å². The molecule has 18 heavy (non-hydrogen) atoms. The molecule has 0 heterocycles. The summed E-state index contributed by atoms with van der Waals surface area (Å²) >= 11 is 0. The largest absolute Gasteiger partial charge is 0.396 e. The van der Waals surface area contributed by atoms with Crippen molar-refractivity contribution in [1.29, 1.82) is 5.26 Å². The van der Waals surface area contributed by atoms with Gasteiger partial charge in [0.15, 0.2) is 0 Å². The topological polar surface area (TPSA) is 73.1 Å². The maximum Gasteiger partial charge on any atom is 0.240 e. The number of nitriles is 1. The van der Waals surface area contributed by atoms with Gasteiger partial charge in [-0.1, -0.05) is 26.7 Å². The lowest BCUT2D eigenvalue weighted by Gasteiger charge is -2.27. The predicted molar refractivity (Wildman–Crippen MR) is 69.6 cm³/mol. The second kappa shape index (κ2) is 6.19. The number of aliphatic hydroxyl groups is 1. The fraction of sp³-hybridized carbons (Fsp3) is 0.857. The van der Waals surface area contributed by atoms with Gasteiger partial charge in [-0.25, -0.2) is 0 Å². The first-order valence-electron chi connectivity index (χ1n) is 6.76. The van der Waals surface area contributed by atoms with Gasteiger partial charge in [-0.2, -0.15) is 5.26 Å². The molecule has 2 N–H and O–H groups in total. The van der Waals surface area contributed by atoms with Crippen LogP contribution in [-0.2, 0) is 4.79 Å². The summed E-state index contributed by atoms with van der Waals surface area (Å²) in [6.07, 6.45) is 4.91. The van der Waals surface area contributed by atoms with Crippen LogP contribution in [0.2, 0.25) is 0 Å². The lowest BCUT2D eigenvalue weighted by atomic mass is 9.84. The fourth-order valence-corrected chi connectivity index (χ4v) is 2.50. The molecule has 0 radical (unpaired) electrons. The van der Waals surface area contributed by atoms with Crippen LogP contribution < -0.4 is 5.32 Å². The monoisotopic (exact) mass is 252 g/mol. The van der Waals surface area contributed by atoms with E-state index in [1.54, 1.807) is 0 Å². The van der Waals surface area contributed by atoms with Gasteiger partial charge in [0.1, 0.15) is 5.41 Å². The van der Waals surface area contributed by atoms with Crippen molar-refractivity contribution in [2.75, 3.05) is 13.2 Å². The predicted octanol–water partition coefficient (Wildman–Crippen LogP) is 1.99. The van der Waals surface area contributed by atoms with Crippen molar-refractivity contribution >= 4 is 5.91 Å². The molecule has 0 unspecified atom stereocenters. The van der Waals surface area contributed by atoms with Gasteiger partial charge < -0.3 is 10.4 Å². The number of rotatable bonds is 6. The van der Waals surface area contributed by atoms with Crippen LogP contribution in [0.15, 0.2) is 0 Å². The molecule has 1 saturated carbocycles. The van der Waals surface area contributed by atoms with Crippen molar-refractivity contribution in [3.63, 3.8) is 0 Å². The third kappa shape index (κ3) is 3.71. The number of hydrogen-bond donors (Lipinski definition) is 2. The van der Waals surface area contributed by atoms with Crippen molar-refractivity contribution in [3.05, 3.63) is 0 Å². The zero-order chi connectivity index (χ0) is 13.6. The maximum atomic E-state index is 12.1. The zero-order valence-corrected chi connectivity index (χ0v) is 11.5. The summed E-state index contributed by atoms with van der Waals surface area (Å²) in [4.78, 5) is 12.1. The quantitative estimate of drug-likeness (QED) is 0.759. The Hall–Kier alpha value is -1.08. The lowest BCUT2D eigenvalue weighted by molar-refractivity contribution is -0.128. The molecule has 4 nitrogen and oxygen atoms in total. The Morgan fingerprint density at radius 3 is 2.56 bits per heavy atom. The average molecular weight is 252 g/mol. The van der Waals surface area contributed by atoms with Crippen LogP contribution in [0.5, 0.6) is 0 Å². The molecule has 1 aliphatic carbocycles. The van der Waals surface area contributed by atoms with E-state index in [-0.39, 0.29) is 17.9 Å². The van der Waals surface area contributed by atoms with Crippen LogP contribution in [0.3, 0.4) is 0 Å². The number of nitrogens with one attached hydrogen (secondary N) is 1. The highest BCUT2D eigenvalue weighted by atomic mass is 16.2. The molecule has 0 bridgehead atoms. The van der Waals surface area contributed by atoms with Crippen molar-refractivity contribution in [3.8, 4) is 6.07 Å². The number of aliphatic hydroxyl groups excluding tert-OH is 1. The zero-order valence-electron chi connectivity index (χ0n) is 11.5. The summed E-state index contributed by atoms with van der Waals surface area (Å²) < 4.78 is 0. The van der Waals surface area contributed by atoms with E-state index in [1.807, 2.05) is 0 Å². The Kier molecular flexibility index (Phi) is 5.15. The molecule has 1 rings (SSSR count). The minimum absolute atomic E-state index is 0.0341. The Morgan fingerprint density at radius 2 is 2.06 bits per heavy atom. The highest BCUT2D eigenvalue weighted by molar-refractivity contribution is 5.85. The summed E-state index contributed by atoms with van der Waals surface area (Å²) in [5, 5.41) is 21.0. The van der Waals surface area contributed by atoms with Crippen molar-refractivity contribution in [2.24, 2.45) is 10.8 Å².